The molecule has 0 amide bonds. The molecule has 1 heterocycles. The highest BCUT2D eigenvalue weighted by molar-refractivity contribution is 5.76. The van der Waals surface area contributed by atoms with Gasteiger partial charge in [0.1, 0.15) is 6.04 Å². The average molecular weight is 418 g/mol. The summed E-state index contributed by atoms with van der Waals surface area (Å²) in [4.78, 5) is 12.7. The number of carbonyl (C=O) groups is 1. The quantitative estimate of drug-likeness (QED) is 0.732. The van der Waals surface area contributed by atoms with Crippen LogP contribution >= 0.6 is 0 Å². The van der Waals surface area contributed by atoms with E-state index in [-0.39, 0.29) is 18.3 Å². The summed E-state index contributed by atoms with van der Waals surface area (Å²) >= 11 is 0. The van der Waals surface area contributed by atoms with Crippen molar-refractivity contribution in [3.63, 3.8) is 0 Å². The predicted molar refractivity (Wildman–Crippen MR) is 92.3 cm³/mol. The molecule has 3 N–H and O–H groups in total. The highest BCUT2D eigenvalue weighted by atomic mass is 19.4. The fraction of sp³-hybridized carbons (Fsp3) is 0.316. The van der Waals surface area contributed by atoms with Gasteiger partial charge in [0, 0.05) is 12.2 Å². The van der Waals surface area contributed by atoms with Gasteiger partial charge in [-0.05, 0) is 35.7 Å². The van der Waals surface area contributed by atoms with E-state index in [1.54, 1.807) is 24.3 Å². The molecule has 2 unspecified atom stereocenters. The Labute approximate surface area is 161 Å². The Morgan fingerprint density at radius 2 is 1.59 bits per heavy atom. The van der Waals surface area contributed by atoms with Gasteiger partial charge in [-0.1, -0.05) is 24.3 Å². The number of hydrogen-bond acceptors (Lipinski definition) is 3. The molecule has 0 fully saturated rings. The van der Waals surface area contributed by atoms with E-state index in [0.717, 1.165) is 5.56 Å². The number of benzene rings is 2. The fourth-order valence-corrected chi connectivity index (χ4v) is 3.51. The van der Waals surface area contributed by atoms with Crippen LogP contribution in [0.3, 0.4) is 0 Å². The van der Waals surface area contributed by atoms with Crippen molar-refractivity contribution in [2.75, 3.05) is 11.4 Å². The van der Waals surface area contributed by atoms with Crippen LogP contribution in [-0.2, 0) is 23.6 Å². The molecule has 0 saturated heterocycles. The molecular weight excluding hydrogens is 402 g/mol. The van der Waals surface area contributed by atoms with Crippen molar-refractivity contribution in [2.45, 2.75) is 30.9 Å². The van der Waals surface area contributed by atoms with Gasteiger partial charge in [-0.2, -0.15) is 26.3 Å². The molecule has 0 saturated carbocycles. The first-order valence-electron chi connectivity index (χ1n) is 8.52. The Morgan fingerprint density at radius 1 is 1.03 bits per heavy atom. The van der Waals surface area contributed by atoms with Gasteiger partial charge in [-0.15, -0.1) is 0 Å². The van der Waals surface area contributed by atoms with Crippen LogP contribution in [0.4, 0.5) is 32.0 Å². The Morgan fingerprint density at radius 3 is 2.10 bits per heavy atom. The minimum atomic E-state index is -5.01. The number of hydrogen-bond donors (Lipinski definition) is 2. The van der Waals surface area contributed by atoms with Gasteiger partial charge in [0.25, 0.3) is 0 Å². The molecule has 156 valence electrons. The van der Waals surface area contributed by atoms with Crippen molar-refractivity contribution in [3.8, 4) is 0 Å². The van der Waals surface area contributed by atoms with Gasteiger partial charge < -0.3 is 15.7 Å². The Bertz CT molecular complexity index is 893. The zero-order valence-corrected chi connectivity index (χ0v) is 14.8. The van der Waals surface area contributed by atoms with Crippen molar-refractivity contribution in [2.24, 2.45) is 5.73 Å². The standard InChI is InChI=1S/C19H16F6N2O2/c20-18(21,22)11-7-12(19(23,24)25)9-13(8-11)27-6-5-10-3-1-2-4-14(10)16(27)15(26)17(28)29/h1-4,7-9,15-16H,5-6,26H2,(H,28,29). The molecule has 10 heteroatoms. The second kappa shape index (κ2) is 7.25. The van der Waals surface area contributed by atoms with E-state index < -0.39 is 41.5 Å². The normalized spacial score (nSPS) is 18.3. The van der Waals surface area contributed by atoms with Gasteiger partial charge >= 0.3 is 18.3 Å². The SMILES string of the molecule is NC(C(=O)O)C1c2ccccc2CCN1c1cc(C(F)(F)F)cc(C(F)(F)F)c1. The number of nitrogens with two attached hydrogens (primary N) is 1. The number of nitrogens with zero attached hydrogens (tertiary/aromatic N) is 1. The van der Waals surface area contributed by atoms with Crippen molar-refractivity contribution in [1.29, 1.82) is 0 Å². The summed E-state index contributed by atoms with van der Waals surface area (Å²) in [6.07, 6.45) is -9.70. The zero-order valence-electron chi connectivity index (χ0n) is 14.8. The molecule has 3 rings (SSSR count). The van der Waals surface area contributed by atoms with Crippen LogP contribution in [-0.4, -0.2) is 23.7 Å². The Kier molecular flexibility index (Phi) is 5.24. The largest absolute Gasteiger partial charge is 0.480 e. The lowest BCUT2D eigenvalue weighted by molar-refractivity contribution is -0.143. The minimum absolute atomic E-state index is 0.0151. The maximum Gasteiger partial charge on any atom is 0.416 e. The lowest BCUT2D eigenvalue weighted by Gasteiger charge is -2.41. The van der Waals surface area contributed by atoms with Crippen LogP contribution in [0.2, 0.25) is 0 Å². The number of aliphatic carboxylic acids is 1. The van der Waals surface area contributed by atoms with E-state index in [4.69, 9.17) is 5.73 Å². The first-order chi connectivity index (χ1) is 13.4. The summed E-state index contributed by atoms with van der Waals surface area (Å²) in [5, 5.41) is 9.38. The number of fused-ring (bicyclic) bond motifs is 1. The third-order valence-electron chi connectivity index (χ3n) is 4.86. The van der Waals surface area contributed by atoms with Crippen molar-refractivity contribution >= 4 is 11.7 Å². The number of carboxylic acid groups (broad SMARTS) is 1. The van der Waals surface area contributed by atoms with E-state index in [9.17, 15) is 36.2 Å². The first kappa shape index (κ1) is 21.0. The molecule has 2 atom stereocenters. The van der Waals surface area contributed by atoms with Crippen LogP contribution < -0.4 is 10.6 Å². The molecule has 0 aliphatic carbocycles. The maximum atomic E-state index is 13.2. The van der Waals surface area contributed by atoms with Crippen LogP contribution in [0.25, 0.3) is 0 Å². The average Bonchev–Trinajstić information content (AvgIpc) is 2.64. The summed E-state index contributed by atoms with van der Waals surface area (Å²) < 4.78 is 79.3. The number of alkyl halides is 6. The third kappa shape index (κ3) is 4.16. The fourth-order valence-electron chi connectivity index (χ4n) is 3.51. The van der Waals surface area contributed by atoms with Gasteiger partial charge in [0.2, 0.25) is 0 Å². The first-order valence-corrected chi connectivity index (χ1v) is 8.52. The molecule has 2 aromatic carbocycles. The number of rotatable bonds is 3. The van der Waals surface area contributed by atoms with Crippen molar-refractivity contribution in [1.82, 2.24) is 0 Å². The van der Waals surface area contributed by atoms with E-state index in [2.05, 4.69) is 0 Å². The maximum absolute atomic E-state index is 13.2. The molecular formula is C19H16F6N2O2. The molecule has 29 heavy (non-hydrogen) atoms. The second-order valence-corrected chi connectivity index (χ2v) is 6.72. The second-order valence-electron chi connectivity index (χ2n) is 6.72. The van der Waals surface area contributed by atoms with Crippen LogP contribution in [0.1, 0.15) is 28.3 Å². The topological polar surface area (TPSA) is 66.6 Å². The highest BCUT2D eigenvalue weighted by Gasteiger charge is 2.40. The molecule has 1 aliphatic heterocycles. The summed E-state index contributed by atoms with van der Waals surface area (Å²) in [7, 11) is 0. The number of halogens is 6. The number of carboxylic acids is 1. The molecule has 0 radical (unpaired) electrons. The number of anilines is 1. The summed E-state index contributed by atoms with van der Waals surface area (Å²) in [6.45, 7) is 0.0151. The molecule has 4 nitrogen and oxygen atoms in total. The van der Waals surface area contributed by atoms with Gasteiger partial charge in [0.15, 0.2) is 0 Å². The third-order valence-corrected chi connectivity index (χ3v) is 4.86. The molecule has 0 bridgehead atoms. The minimum Gasteiger partial charge on any atom is -0.480 e. The summed E-state index contributed by atoms with van der Waals surface area (Å²) in [6, 6.07) is 5.15. The smallest absolute Gasteiger partial charge is 0.416 e. The van der Waals surface area contributed by atoms with E-state index in [1.165, 1.54) is 4.90 Å². The molecule has 2 aromatic rings. The highest BCUT2D eigenvalue weighted by Crippen LogP contribution is 2.42. The monoisotopic (exact) mass is 418 g/mol. The lowest BCUT2D eigenvalue weighted by Crippen LogP contribution is -2.49. The van der Waals surface area contributed by atoms with Crippen LogP contribution in [0.15, 0.2) is 42.5 Å². The van der Waals surface area contributed by atoms with Crippen LogP contribution in [0.5, 0.6) is 0 Å². The molecule has 1 aliphatic rings. The molecule has 0 spiro atoms. The van der Waals surface area contributed by atoms with E-state index in [1.807, 2.05) is 0 Å². The summed E-state index contributed by atoms with van der Waals surface area (Å²) in [5.74, 6) is -1.42. The van der Waals surface area contributed by atoms with Gasteiger partial charge in [-0.3, -0.25) is 4.79 Å². The lowest BCUT2D eigenvalue weighted by atomic mass is 9.87. The Balaban J connectivity index is 2.19. The van der Waals surface area contributed by atoms with E-state index in [0.29, 0.717) is 24.1 Å². The molecule has 0 aromatic heterocycles. The van der Waals surface area contributed by atoms with Crippen molar-refractivity contribution in [3.05, 3.63) is 64.7 Å². The Hall–Kier alpha value is -2.75. The predicted octanol–water partition coefficient (Wildman–Crippen LogP) is 4.24. The summed E-state index contributed by atoms with van der Waals surface area (Å²) in [5.41, 5.74) is 3.67. The van der Waals surface area contributed by atoms with Crippen LogP contribution in [0, 0.1) is 0 Å². The van der Waals surface area contributed by atoms with E-state index >= 15 is 0 Å². The van der Waals surface area contributed by atoms with Crippen molar-refractivity contribution < 1.29 is 36.2 Å². The van der Waals surface area contributed by atoms with Gasteiger partial charge in [0.05, 0.1) is 17.2 Å². The zero-order chi connectivity index (χ0) is 21.6. The van der Waals surface area contributed by atoms with Gasteiger partial charge in [-0.25, -0.2) is 0 Å².